The molecule has 1 aromatic carbocycles. The third kappa shape index (κ3) is 3.15. The first-order chi connectivity index (χ1) is 9.33. The maximum Gasteiger partial charge on any atom is 0.0723 e. The van der Waals surface area contributed by atoms with Gasteiger partial charge in [0.25, 0.3) is 0 Å². The van der Waals surface area contributed by atoms with Gasteiger partial charge in [0, 0.05) is 19.0 Å². The first-order valence-corrected chi connectivity index (χ1v) is 7.33. The number of hydrogen-bond acceptors (Lipinski definition) is 4. The number of hydrazine groups is 1. The van der Waals surface area contributed by atoms with Gasteiger partial charge in [-0.25, -0.2) is 5.43 Å². The Morgan fingerprint density at radius 3 is 2.53 bits per heavy atom. The van der Waals surface area contributed by atoms with Gasteiger partial charge in [-0.2, -0.15) is 0 Å². The normalized spacial score (nSPS) is 29.7. The fraction of sp³-hybridized carbons (Fsp3) is 0.600. The SMILES string of the molecule is NC1NNCC1C1CCN(Cc2ccccc2)CC1. The summed E-state index contributed by atoms with van der Waals surface area (Å²) in [7, 11) is 0. The average Bonchev–Trinajstić information content (AvgIpc) is 2.87. The number of piperidine rings is 1. The summed E-state index contributed by atoms with van der Waals surface area (Å²) in [6.45, 7) is 4.50. The molecule has 4 N–H and O–H groups in total. The van der Waals surface area contributed by atoms with Gasteiger partial charge in [-0.15, -0.1) is 0 Å². The van der Waals surface area contributed by atoms with E-state index in [4.69, 9.17) is 5.73 Å². The number of nitrogens with zero attached hydrogens (tertiary/aromatic N) is 1. The lowest BCUT2D eigenvalue weighted by Crippen LogP contribution is -2.44. The molecule has 0 amide bonds. The first kappa shape index (κ1) is 13.1. The second kappa shape index (κ2) is 6.01. The lowest BCUT2D eigenvalue weighted by Gasteiger charge is -2.35. The Hall–Kier alpha value is -0.940. The van der Waals surface area contributed by atoms with Crippen LogP contribution >= 0.6 is 0 Å². The molecule has 2 saturated heterocycles. The van der Waals surface area contributed by atoms with Crippen molar-refractivity contribution in [2.24, 2.45) is 17.6 Å². The molecule has 0 radical (unpaired) electrons. The summed E-state index contributed by atoms with van der Waals surface area (Å²) in [5.74, 6) is 1.36. The zero-order valence-corrected chi connectivity index (χ0v) is 11.4. The van der Waals surface area contributed by atoms with Crippen LogP contribution in [0.2, 0.25) is 0 Å². The van der Waals surface area contributed by atoms with Crippen LogP contribution in [0.1, 0.15) is 18.4 Å². The van der Waals surface area contributed by atoms with Crippen LogP contribution in [0.4, 0.5) is 0 Å². The van der Waals surface area contributed by atoms with Gasteiger partial charge in [-0.3, -0.25) is 10.3 Å². The van der Waals surface area contributed by atoms with Crippen molar-refractivity contribution < 1.29 is 0 Å². The summed E-state index contributed by atoms with van der Waals surface area (Å²) in [5, 5.41) is 0. The van der Waals surface area contributed by atoms with Crippen LogP contribution in [0.5, 0.6) is 0 Å². The molecule has 0 aliphatic carbocycles. The van der Waals surface area contributed by atoms with Crippen LogP contribution in [-0.2, 0) is 6.54 Å². The maximum atomic E-state index is 6.08. The number of likely N-dealkylation sites (tertiary alicyclic amines) is 1. The largest absolute Gasteiger partial charge is 0.315 e. The van der Waals surface area contributed by atoms with Gasteiger partial charge in [-0.1, -0.05) is 30.3 Å². The van der Waals surface area contributed by atoms with Crippen LogP contribution < -0.4 is 16.6 Å². The molecule has 1 aromatic rings. The molecule has 2 unspecified atom stereocenters. The Kier molecular flexibility index (Phi) is 4.13. The van der Waals surface area contributed by atoms with Gasteiger partial charge >= 0.3 is 0 Å². The number of rotatable bonds is 3. The van der Waals surface area contributed by atoms with E-state index in [-0.39, 0.29) is 6.17 Å². The van der Waals surface area contributed by atoms with E-state index in [1.165, 1.54) is 31.5 Å². The van der Waals surface area contributed by atoms with Gasteiger partial charge in [0.2, 0.25) is 0 Å². The second-order valence-electron chi connectivity index (χ2n) is 5.81. The van der Waals surface area contributed by atoms with Crippen molar-refractivity contribution in [3.05, 3.63) is 35.9 Å². The third-order valence-electron chi connectivity index (χ3n) is 4.55. The monoisotopic (exact) mass is 260 g/mol. The molecule has 0 spiro atoms. The van der Waals surface area contributed by atoms with Gasteiger partial charge in [-0.05, 0) is 37.4 Å². The minimum absolute atomic E-state index is 0.130. The summed E-state index contributed by atoms with van der Waals surface area (Å²) in [6.07, 6.45) is 2.68. The van der Waals surface area contributed by atoms with E-state index in [2.05, 4.69) is 46.1 Å². The van der Waals surface area contributed by atoms with Crippen LogP contribution in [0.15, 0.2) is 30.3 Å². The van der Waals surface area contributed by atoms with E-state index in [0.29, 0.717) is 5.92 Å². The van der Waals surface area contributed by atoms with E-state index in [9.17, 15) is 0 Å². The van der Waals surface area contributed by atoms with Gasteiger partial charge in [0.15, 0.2) is 0 Å². The van der Waals surface area contributed by atoms with Crippen molar-refractivity contribution in [1.29, 1.82) is 0 Å². The number of benzene rings is 1. The van der Waals surface area contributed by atoms with E-state index in [1.54, 1.807) is 0 Å². The highest BCUT2D eigenvalue weighted by molar-refractivity contribution is 5.14. The molecular weight excluding hydrogens is 236 g/mol. The molecule has 104 valence electrons. The third-order valence-corrected chi connectivity index (χ3v) is 4.55. The molecule has 4 nitrogen and oxygen atoms in total. The molecule has 3 rings (SSSR count). The lowest BCUT2D eigenvalue weighted by molar-refractivity contribution is 0.139. The molecule has 2 aliphatic rings. The summed E-state index contributed by atoms with van der Waals surface area (Å²) < 4.78 is 0. The highest BCUT2D eigenvalue weighted by Crippen LogP contribution is 2.28. The minimum atomic E-state index is 0.130. The minimum Gasteiger partial charge on any atom is -0.315 e. The predicted octanol–water partition coefficient (Wildman–Crippen LogP) is 0.907. The molecule has 2 fully saturated rings. The maximum absolute atomic E-state index is 6.08. The Labute approximate surface area is 115 Å². The Morgan fingerprint density at radius 1 is 1.16 bits per heavy atom. The quantitative estimate of drug-likeness (QED) is 0.756. The Bertz CT molecular complexity index is 386. The van der Waals surface area contributed by atoms with Crippen molar-refractivity contribution in [3.8, 4) is 0 Å². The van der Waals surface area contributed by atoms with E-state index in [1.807, 2.05) is 0 Å². The lowest BCUT2D eigenvalue weighted by atomic mass is 9.83. The topological polar surface area (TPSA) is 53.3 Å². The van der Waals surface area contributed by atoms with Gasteiger partial charge < -0.3 is 5.73 Å². The molecule has 19 heavy (non-hydrogen) atoms. The zero-order valence-electron chi connectivity index (χ0n) is 11.4. The van der Waals surface area contributed by atoms with Crippen LogP contribution in [0, 0.1) is 11.8 Å². The molecule has 2 heterocycles. The van der Waals surface area contributed by atoms with Gasteiger partial charge in [0.1, 0.15) is 0 Å². The molecular formula is C15H24N4. The van der Waals surface area contributed by atoms with Gasteiger partial charge in [0.05, 0.1) is 6.17 Å². The first-order valence-electron chi connectivity index (χ1n) is 7.33. The second-order valence-corrected chi connectivity index (χ2v) is 5.81. The molecule has 0 aromatic heterocycles. The number of hydrogen-bond donors (Lipinski definition) is 3. The summed E-state index contributed by atoms with van der Waals surface area (Å²) in [4.78, 5) is 2.56. The molecule has 2 aliphatic heterocycles. The average molecular weight is 260 g/mol. The van der Waals surface area contributed by atoms with E-state index in [0.717, 1.165) is 19.0 Å². The Morgan fingerprint density at radius 2 is 1.89 bits per heavy atom. The molecule has 0 bridgehead atoms. The Balaban J connectivity index is 1.49. The van der Waals surface area contributed by atoms with Crippen LogP contribution in [-0.4, -0.2) is 30.7 Å². The summed E-state index contributed by atoms with van der Waals surface area (Å²) in [5.41, 5.74) is 13.8. The molecule has 0 saturated carbocycles. The fourth-order valence-corrected chi connectivity index (χ4v) is 3.37. The zero-order chi connectivity index (χ0) is 13.1. The summed E-state index contributed by atoms with van der Waals surface area (Å²) in [6, 6.07) is 10.8. The van der Waals surface area contributed by atoms with Crippen molar-refractivity contribution in [3.63, 3.8) is 0 Å². The van der Waals surface area contributed by atoms with Crippen LogP contribution in [0.25, 0.3) is 0 Å². The number of nitrogens with one attached hydrogen (secondary N) is 2. The van der Waals surface area contributed by atoms with Crippen molar-refractivity contribution in [2.75, 3.05) is 19.6 Å². The predicted molar refractivity (Wildman–Crippen MR) is 77.0 cm³/mol. The van der Waals surface area contributed by atoms with Crippen LogP contribution in [0.3, 0.4) is 0 Å². The number of nitrogens with two attached hydrogens (primary N) is 1. The molecule has 4 heteroatoms. The van der Waals surface area contributed by atoms with Crippen molar-refractivity contribution in [1.82, 2.24) is 15.8 Å². The highest BCUT2D eigenvalue weighted by Gasteiger charge is 2.33. The highest BCUT2D eigenvalue weighted by atomic mass is 15.4. The summed E-state index contributed by atoms with van der Waals surface area (Å²) >= 11 is 0. The molecule has 2 atom stereocenters. The van der Waals surface area contributed by atoms with E-state index < -0.39 is 0 Å². The van der Waals surface area contributed by atoms with Crippen molar-refractivity contribution in [2.45, 2.75) is 25.6 Å². The van der Waals surface area contributed by atoms with Crippen molar-refractivity contribution >= 4 is 0 Å². The standard InChI is InChI=1S/C15H24N4/c16-15-14(10-17-18-15)13-6-8-19(9-7-13)11-12-4-2-1-3-5-12/h1-5,13-15,17-18H,6-11,16H2. The van der Waals surface area contributed by atoms with E-state index >= 15 is 0 Å². The smallest absolute Gasteiger partial charge is 0.0723 e. The fourth-order valence-electron chi connectivity index (χ4n) is 3.37.